The molecule has 5 heteroatoms. The van der Waals surface area contributed by atoms with Crippen LogP contribution in [0.2, 0.25) is 0 Å². The van der Waals surface area contributed by atoms with Crippen LogP contribution in [0.3, 0.4) is 0 Å². The zero-order valence-corrected chi connectivity index (χ0v) is 9.21. The Morgan fingerprint density at radius 3 is 2.40 bits per heavy atom. The summed E-state index contributed by atoms with van der Waals surface area (Å²) in [7, 11) is -3.27. The van der Waals surface area contributed by atoms with Gasteiger partial charge in [-0.3, -0.25) is 0 Å². The Labute approximate surface area is 88.6 Å². The number of aromatic hydroxyl groups is 1. The molecule has 0 atom stereocenters. The lowest BCUT2D eigenvalue weighted by molar-refractivity contribution is 0.457. The number of sulfone groups is 1. The Morgan fingerprint density at radius 1 is 1.40 bits per heavy atom. The summed E-state index contributed by atoms with van der Waals surface area (Å²) in [6.45, 7) is 0. The molecule has 0 amide bonds. The van der Waals surface area contributed by atoms with Crippen LogP contribution in [0.15, 0.2) is 23.1 Å². The Kier molecular flexibility index (Phi) is 2.06. The van der Waals surface area contributed by atoms with Crippen LogP contribution in [0, 0.1) is 0 Å². The second-order valence-electron chi connectivity index (χ2n) is 4.11. The fraction of sp³-hybridized carbons (Fsp3) is 0.400. The number of hydrogen-bond donors (Lipinski definition) is 2. The van der Waals surface area contributed by atoms with Gasteiger partial charge in [0.1, 0.15) is 5.75 Å². The first-order valence-corrected chi connectivity index (χ1v) is 6.54. The van der Waals surface area contributed by atoms with E-state index in [0.29, 0.717) is 5.56 Å². The molecule has 15 heavy (non-hydrogen) atoms. The van der Waals surface area contributed by atoms with Gasteiger partial charge in [0.2, 0.25) is 0 Å². The Hall–Kier alpha value is -1.07. The second-order valence-corrected chi connectivity index (χ2v) is 6.12. The lowest BCUT2D eigenvalue weighted by Crippen LogP contribution is -2.18. The van der Waals surface area contributed by atoms with E-state index in [-0.39, 0.29) is 10.6 Å². The molecule has 0 aliphatic heterocycles. The number of nitrogens with two attached hydrogens (primary N) is 1. The highest BCUT2D eigenvalue weighted by atomic mass is 32.2. The molecule has 1 aliphatic carbocycles. The minimum Gasteiger partial charge on any atom is -0.508 e. The predicted molar refractivity (Wildman–Crippen MR) is 56.3 cm³/mol. The van der Waals surface area contributed by atoms with E-state index in [1.165, 1.54) is 12.1 Å². The molecule has 0 spiro atoms. The smallest absolute Gasteiger partial charge is 0.175 e. The van der Waals surface area contributed by atoms with Gasteiger partial charge in [-0.15, -0.1) is 0 Å². The zero-order chi connectivity index (χ0) is 11.3. The van der Waals surface area contributed by atoms with Crippen LogP contribution in [0.1, 0.15) is 18.4 Å². The van der Waals surface area contributed by atoms with Crippen LogP contribution in [0.4, 0.5) is 0 Å². The van der Waals surface area contributed by atoms with E-state index >= 15 is 0 Å². The van der Waals surface area contributed by atoms with Gasteiger partial charge in [-0.1, -0.05) is 6.07 Å². The number of rotatable bonds is 2. The predicted octanol–water partition coefficient (Wildman–Crippen LogP) is 0.744. The molecule has 1 aromatic rings. The SMILES string of the molecule is CS(=O)(=O)c1ccc(C2(N)CC2)c(O)c1. The number of benzene rings is 1. The van der Waals surface area contributed by atoms with E-state index < -0.39 is 15.4 Å². The number of phenolic OH excluding ortho intramolecular Hbond substituents is 1. The highest BCUT2D eigenvalue weighted by Gasteiger charge is 2.42. The molecule has 0 heterocycles. The van der Waals surface area contributed by atoms with Crippen molar-refractivity contribution in [1.29, 1.82) is 0 Å². The lowest BCUT2D eigenvalue weighted by atomic mass is 10.1. The van der Waals surface area contributed by atoms with Gasteiger partial charge in [0.05, 0.1) is 4.90 Å². The van der Waals surface area contributed by atoms with Gasteiger partial charge < -0.3 is 10.8 Å². The fourth-order valence-electron chi connectivity index (χ4n) is 1.57. The first-order chi connectivity index (χ1) is 6.83. The van der Waals surface area contributed by atoms with Crippen LogP contribution in [0.25, 0.3) is 0 Å². The molecular weight excluding hydrogens is 214 g/mol. The van der Waals surface area contributed by atoms with E-state index in [0.717, 1.165) is 19.1 Å². The lowest BCUT2D eigenvalue weighted by Gasteiger charge is -2.11. The second kappa shape index (κ2) is 2.96. The number of hydrogen-bond acceptors (Lipinski definition) is 4. The van der Waals surface area contributed by atoms with E-state index in [1.54, 1.807) is 6.07 Å². The van der Waals surface area contributed by atoms with E-state index in [9.17, 15) is 13.5 Å². The average molecular weight is 227 g/mol. The highest BCUT2D eigenvalue weighted by Crippen LogP contribution is 2.46. The summed E-state index contributed by atoms with van der Waals surface area (Å²) in [5, 5.41) is 9.69. The van der Waals surface area contributed by atoms with Crippen molar-refractivity contribution in [1.82, 2.24) is 0 Å². The van der Waals surface area contributed by atoms with Crippen molar-refractivity contribution in [2.45, 2.75) is 23.3 Å². The molecule has 0 aromatic heterocycles. The van der Waals surface area contributed by atoms with E-state index in [4.69, 9.17) is 5.73 Å². The van der Waals surface area contributed by atoms with Crippen molar-refractivity contribution in [3.05, 3.63) is 23.8 Å². The van der Waals surface area contributed by atoms with Gasteiger partial charge in [0, 0.05) is 17.4 Å². The zero-order valence-electron chi connectivity index (χ0n) is 8.40. The summed E-state index contributed by atoms with van der Waals surface area (Å²) in [4.78, 5) is 0.119. The van der Waals surface area contributed by atoms with Crippen molar-refractivity contribution in [2.24, 2.45) is 5.73 Å². The van der Waals surface area contributed by atoms with Crippen LogP contribution >= 0.6 is 0 Å². The molecule has 0 bridgehead atoms. The first-order valence-electron chi connectivity index (χ1n) is 4.65. The first kappa shape index (κ1) is 10.4. The van der Waals surface area contributed by atoms with E-state index in [2.05, 4.69) is 0 Å². The topological polar surface area (TPSA) is 80.4 Å². The summed E-state index contributed by atoms with van der Waals surface area (Å²) in [6, 6.07) is 4.34. The largest absolute Gasteiger partial charge is 0.508 e. The van der Waals surface area contributed by atoms with Crippen molar-refractivity contribution < 1.29 is 13.5 Å². The average Bonchev–Trinajstić information content (AvgIpc) is 2.82. The molecule has 82 valence electrons. The van der Waals surface area contributed by atoms with Crippen LogP contribution in [0.5, 0.6) is 5.75 Å². The summed E-state index contributed by atoms with van der Waals surface area (Å²) in [6.07, 6.45) is 2.77. The minimum atomic E-state index is -3.27. The van der Waals surface area contributed by atoms with Crippen molar-refractivity contribution >= 4 is 9.84 Å². The Morgan fingerprint density at radius 2 is 2.00 bits per heavy atom. The summed E-state index contributed by atoms with van der Waals surface area (Å²) in [5.74, 6) is -0.0297. The summed E-state index contributed by atoms with van der Waals surface area (Å²) in [5.41, 5.74) is 6.11. The third-order valence-corrected chi connectivity index (χ3v) is 3.83. The van der Waals surface area contributed by atoms with Gasteiger partial charge in [0.25, 0.3) is 0 Å². The van der Waals surface area contributed by atoms with Crippen molar-refractivity contribution in [3.63, 3.8) is 0 Å². The van der Waals surface area contributed by atoms with Crippen molar-refractivity contribution in [2.75, 3.05) is 6.26 Å². The van der Waals surface area contributed by atoms with Gasteiger partial charge >= 0.3 is 0 Å². The molecule has 1 aliphatic rings. The van der Waals surface area contributed by atoms with Gasteiger partial charge in [0.15, 0.2) is 9.84 Å². The van der Waals surface area contributed by atoms with Crippen LogP contribution in [-0.4, -0.2) is 19.8 Å². The molecule has 1 aromatic carbocycles. The number of phenols is 1. The summed E-state index contributed by atoms with van der Waals surface area (Å²) < 4.78 is 22.4. The maximum atomic E-state index is 11.2. The normalized spacial score (nSPS) is 18.8. The van der Waals surface area contributed by atoms with E-state index in [1.807, 2.05) is 0 Å². The standard InChI is InChI=1S/C10H13NO3S/c1-15(13,14)7-2-3-8(9(12)6-7)10(11)4-5-10/h2-3,6,12H,4-5,11H2,1H3. The van der Waals surface area contributed by atoms with Gasteiger partial charge in [-0.05, 0) is 25.0 Å². The Bertz CT molecular complexity index is 503. The monoisotopic (exact) mass is 227 g/mol. The molecule has 0 saturated heterocycles. The molecule has 0 radical (unpaired) electrons. The van der Waals surface area contributed by atoms with Crippen molar-refractivity contribution in [3.8, 4) is 5.75 Å². The quantitative estimate of drug-likeness (QED) is 0.781. The molecule has 2 rings (SSSR count). The third kappa shape index (κ3) is 1.85. The van der Waals surface area contributed by atoms with Crippen LogP contribution in [-0.2, 0) is 15.4 Å². The molecular formula is C10H13NO3S. The molecule has 4 nitrogen and oxygen atoms in total. The molecule has 1 saturated carbocycles. The van der Waals surface area contributed by atoms with Gasteiger partial charge in [-0.25, -0.2) is 8.42 Å². The van der Waals surface area contributed by atoms with Gasteiger partial charge in [-0.2, -0.15) is 0 Å². The third-order valence-electron chi connectivity index (χ3n) is 2.72. The molecule has 3 N–H and O–H groups in total. The fourth-order valence-corrected chi connectivity index (χ4v) is 2.21. The summed E-state index contributed by atoms with van der Waals surface area (Å²) >= 11 is 0. The molecule has 1 fully saturated rings. The molecule has 0 unspecified atom stereocenters. The maximum absolute atomic E-state index is 11.2. The maximum Gasteiger partial charge on any atom is 0.175 e. The van der Waals surface area contributed by atoms with Crippen LogP contribution < -0.4 is 5.73 Å². The highest BCUT2D eigenvalue weighted by molar-refractivity contribution is 7.90. The Balaban J connectivity index is 2.49. The minimum absolute atomic E-state index is 0.0297.